The van der Waals surface area contributed by atoms with Crippen LogP contribution in [0.25, 0.3) is 0 Å². The van der Waals surface area contributed by atoms with Crippen molar-refractivity contribution in [1.29, 1.82) is 0 Å². The summed E-state index contributed by atoms with van der Waals surface area (Å²) in [5, 5.41) is 15.8. The minimum absolute atomic E-state index is 0.0141. The summed E-state index contributed by atoms with van der Waals surface area (Å²) in [6.45, 7) is 0.993. The molecule has 20 heavy (non-hydrogen) atoms. The number of piperidine rings is 1. The van der Waals surface area contributed by atoms with Gasteiger partial charge in [-0.15, -0.1) is 0 Å². The second-order valence-corrected chi connectivity index (χ2v) is 5.40. The summed E-state index contributed by atoms with van der Waals surface area (Å²) in [5.74, 6) is 0.0141. The van der Waals surface area contributed by atoms with E-state index in [4.69, 9.17) is 0 Å². The number of carbonyl (C=O) groups is 1. The third-order valence-corrected chi connectivity index (χ3v) is 3.85. The van der Waals surface area contributed by atoms with Crippen molar-refractivity contribution in [3.05, 3.63) is 35.9 Å². The normalized spacial score (nSPS) is 20.4. The zero-order chi connectivity index (χ0) is 14.2. The van der Waals surface area contributed by atoms with Crippen molar-refractivity contribution < 1.29 is 9.90 Å². The lowest BCUT2D eigenvalue weighted by molar-refractivity contribution is -0.122. The lowest BCUT2D eigenvalue weighted by Crippen LogP contribution is -2.36. The lowest BCUT2D eigenvalue weighted by atomic mass is 10.00. The third-order valence-electron chi connectivity index (χ3n) is 3.85. The zero-order valence-corrected chi connectivity index (χ0v) is 11.8. The Kier molecular flexibility index (Phi) is 6.02. The number of carbonyl (C=O) groups excluding carboxylic acids is 1. The quantitative estimate of drug-likeness (QED) is 0.742. The minimum atomic E-state index is -0.303. The molecule has 2 rings (SSSR count). The van der Waals surface area contributed by atoms with Gasteiger partial charge in [0, 0.05) is 12.5 Å². The number of rotatable bonds is 6. The highest BCUT2D eigenvalue weighted by molar-refractivity contribution is 5.76. The van der Waals surface area contributed by atoms with Crippen LogP contribution in [0, 0.1) is 0 Å². The molecule has 1 fully saturated rings. The van der Waals surface area contributed by atoms with Crippen molar-refractivity contribution in [1.82, 2.24) is 10.6 Å². The molecule has 110 valence electrons. The van der Waals surface area contributed by atoms with Crippen molar-refractivity contribution in [2.75, 3.05) is 13.2 Å². The van der Waals surface area contributed by atoms with Gasteiger partial charge in [0.1, 0.15) is 0 Å². The first-order valence-electron chi connectivity index (χ1n) is 7.48. The Morgan fingerprint density at radius 2 is 2.15 bits per heavy atom. The van der Waals surface area contributed by atoms with Gasteiger partial charge in [-0.05, 0) is 31.4 Å². The molecular formula is C16H24N2O2. The fraction of sp³-hybridized carbons (Fsp3) is 0.562. The van der Waals surface area contributed by atoms with Gasteiger partial charge in [-0.3, -0.25) is 4.79 Å². The van der Waals surface area contributed by atoms with Crippen LogP contribution in [-0.4, -0.2) is 30.2 Å². The van der Waals surface area contributed by atoms with E-state index in [1.807, 2.05) is 30.3 Å². The minimum Gasteiger partial charge on any atom is -0.394 e. The van der Waals surface area contributed by atoms with Crippen LogP contribution in [0.15, 0.2) is 30.3 Å². The first kappa shape index (κ1) is 15.0. The van der Waals surface area contributed by atoms with E-state index in [0.717, 1.165) is 24.9 Å². The van der Waals surface area contributed by atoms with Crippen LogP contribution in [0.4, 0.5) is 0 Å². The zero-order valence-electron chi connectivity index (χ0n) is 11.8. The summed E-state index contributed by atoms with van der Waals surface area (Å²) >= 11 is 0. The predicted molar refractivity (Wildman–Crippen MR) is 79.3 cm³/mol. The molecule has 3 N–H and O–H groups in total. The van der Waals surface area contributed by atoms with Crippen LogP contribution in [-0.2, 0) is 4.79 Å². The Hall–Kier alpha value is -1.39. The number of aliphatic hydroxyl groups excluding tert-OH is 1. The summed E-state index contributed by atoms with van der Waals surface area (Å²) in [6, 6.07) is 9.76. The maximum atomic E-state index is 12.0. The van der Waals surface area contributed by atoms with Crippen molar-refractivity contribution >= 4 is 5.91 Å². The van der Waals surface area contributed by atoms with Gasteiger partial charge in [0.25, 0.3) is 0 Å². The second-order valence-electron chi connectivity index (χ2n) is 5.40. The SMILES string of the molecule is O=C(CCC1CCCCN1)NC(CO)c1ccccc1. The molecule has 1 aromatic carbocycles. The van der Waals surface area contributed by atoms with Crippen LogP contribution < -0.4 is 10.6 Å². The fourth-order valence-corrected chi connectivity index (χ4v) is 2.66. The largest absolute Gasteiger partial charge is 0.394 e. The Bertz CT molecular complexity index is 402. The summed E-state index contributed by atoms with van der Waals surface area (Å²) in [5.41, 5.74) is 0.944. The van der Waals surface area contributed by atoms with Gasteiger partial charge in [0.2, 0.25) is 5.91 Å². The number of aliphatic hydroxyl groups is 1. The van der Waals surface area contributed by atoms with E-state index in [0.29, 0.717) is 12.5 Å². The Morgan fingerprint density at radius 3 is 2.80 bits per heavy atom. The van der Waals surface area contributed by atoms with E-state index in [9.17, 15) is 9.90 Å². The van der Waals surface area contributed by atoms with E-state index in [1.165, 1.54) is 12.8 Å². The van der Waals surface area contributed by atoms with Gasteiger partial charge >= 0.3 is 0 Å². The maximum absolute atomic E-state index is 12.0. The van der Waals surface area contributed by atoms with Gasteiger partial charge in [0.05, 0.1) is 12.6 Å². The standard InChI is InChI=1S/C16H24N2O2/c19-12-15(13-6-2-1-3-7-13)18-16(20)10-9-14-8-4-5-11-17-14/h1-3,6-7,14-15,17,19H,4-5,8-12H2,(H,18,20). The van der Waals surface area contributed by atoms with Crippen LogP contribution in [0.5, 0.6) is 0 Å². The molecule has 1 aromatic rings. The molecular weight excluding hydrogens is 252 g/mol. The smallest absolute Gasteiger partial charge is 0.220 e. The molecule has 0 aliphatic carbocycles. The highest BCUT2D eigenvalue weighted by Gasteiger charge is 2.16. The molecule has 2 unspecified atom stereocenters. The molecule has 0 bridgehead atoms. The van der Waals surface area contributed by atoms with E-state index in [-0.39, 0.29) is 18.6 Å². The first-order chi connectivity index (χ1) is 9.79. The molecule has 1 saturated heterocycles. The summed E-state index contributed by atoms with van der Waals surface area (Å²) < 4.78 is 0. The highest BCUT2D eigenvalue weighted by atomic mass is 16.3. The second kappa shape index (κ2) is 8.02. The molecule has 1 heterocycles. The Balaban J connectivity index is 1.77. The van der Waals surface area contributed by atoms with E-state index >= 15 is 0 Å². The summed E-state index contributed by atoms with van der Waals surface area (Å²) in [4.78, 5) is 12.0. The highest BCUT2D eigenvalue weighted by Crippen LogP contribution is 2.14. The lowest BCUT2D eigenvalue weighted by Gasteiger charge is -2.23. The van der Waals surface area contributed by atoms with Gasteiger partial charge in [0.15, 0.2) is 0 Å². The van der Waals surface area contributed by atoms with Crippen molar-refractivity contribution in [3.63, 3.8) is 0 Å². The number of hydrogen-bond acceptors (Lipinski definition) is 3. The molecule has 4 nitrogen and oxygen atoms in total. The van der Waals surface area contributed by atoms with Gasteiger partial charge in [-0.2, -0.15) is 0 Å². The molecule has 0 aromatic heterocycles. The summed E-state index contributed by atoms with van der Waals surface area (Å²) in [7, 11) is 0. The van der Waals surface area contributed by atoms with E-state index in [1.54, 1.807) is 0 Å². The molecule has 1 amide bonds. The van der Waals surface area contributed by atoms with Crippen LogP contribution in [0.3, 0.4) is 0 Å². The van der Waals surface area contributed by atoms with Crippen molar-refractivity contribution in [2.45, 2.75) is 44.2 Å². The van der Waals surface area contributed by atoms with E-state index in [2.05, 4.69) is 10.6 Å². The molecule has 2 atom stereocenters. The summed E-state index contributed by atoms with van der Waals surface area (Å²) in [6.07, 6.45) is 5.04. The predicted octanol–water partition coefficient (Wildman–Crippen LogP) is 1.76. The first-order valence-corrected chi connectivity index (χ1v) is 7.48. The number of amides is 1. The Morgan fingerprint density at radius 1 is 1.35 bits per heavy atom. The average Bonchev–Trinajstić information content (AvgIpc) is 2.52. The maximum Gasteiger partial charge on any atom is 0.220 e. The van der Waals surface area contributed by atoms with Gasteiger partial charge in [-0.1, -0.05) is 36.8 Å². The number of hydrogen-bond donors (Lipinski definition) is 3. The van der Waals surface area contributed by atoms with Crippen LogP contribution in [0.2, 0.25) is 0 Å². The van der Waals surface area contributed by atoms with Crippen molar-refractivity contribution in [3.8, 4) is 0 Å². The van der Waals surface area contributed by atoms with Gasteiger partial charge in [-0.25, -0.2) is 0 Å². The van der Waals surface area contributed by atoms with Crippen LogP contribution >= 0.6 is 0 Å². The molecule has 0 spiro atoms. The molecule has 1 aliphatic heterocycles. The third kappa shape index (κ3) is 4.62. The van der Waals surface area contributed by atoms with Crippen molar-refractivity contribution in [2.24, 2.45) is 0 Å². The average molecular weight is 276 g/mol. The molecule has 4 heteroatoms. The molecule has 0 radical (unpaired) electrons. The van der Waals surface area contributed by atoms with Crippen LogP contribution in [0.1, 0.15) is 43.7 Å². The topological polar surface area (TPSA) is 61.4 Å². The van der Waals surface area contributed by atoms with E-state index < -0.39 is 0 Å². The van der Waals surface area contributed by atoms with Gasteiger partial charge < -0.3 is 15.7 Å². The number of benzene rings is 1. The molecule has 0 saturated carbocycles. The monoisotopic (exact) mass is 276 g/mol. The number of nitrogens with one attached hydrogen (secondary N) is 2. The molecule has 1 aliphatic rings. The fourth-order valence-electron chi connectivity index (χ4n) is 2.66. The Labute approximate surface area is 120 Å².